The minimum atomic E-state index is -0.117. The zero-order chi connectivity index (χ0) is 14.7. The molecular weight excluding hydrogens is 266 g/mol. The first kappa shape index (κ1) is 13.9. The van der Waals surface area contributed by atoms with Crippen LogP contribution < -0.4 is 11.0 Å². The third-order valence-electron chi connectivity index (χ3n) is 4.17. The third-order valence-corrected chi connectivity index (χ3v) is 4.17. The predicted octanol–water partition coefficient (Wildman–Crippen LogP) is 2.54. The molecule has 0 atom stereocenters. The van der Waals surface area contributed by atoms with E-state index in [2.05, 4.69) is 10.3 Å². The molecule has 0 aliphatic heterocycles. The van der Waals surface area contributed by atoms with Crippen LogP contribution in [0.1, 0.15) is 25.7 Å². The van der Waals surface area contributed by atoms with Gasteiger partial charge in [0.05, 0.1) is 11.8 Å². The topological polar surface area (TPSA) is 59.0 Å². The number of nitrogens with zero attached hydrogens (tertiary/aromatic N) is 1. The second-order valence-electron chi connectivity index (χ2n) is 5.54. The Morgan fingerprint density at radius 2 is 1.90 bits per heavy atom. The van der Waals surface area contributed by atoms with Gasteiger partial charge < -0.3 is 15.0 Å². The molecule has 1 aromatic heterocycles. The van der Waals surface area contributed by atoms with Crippen LogP contribution in [0.4, 0.5) is 5.69 Å². The van der Waals surface area contributed by atoms with Crippen LogP contribution in [0.15, 0.2) is 41.5 Å². The molecule has 0 unspecified atom stereocenters. The second kappa shape index (κ2) is 6.18. The first-order chi connectivity index (χ1) is 10.3. The van der Waals surface area contributed by atoms with Crippen molar-refractivity contribution in [3.8, 4) is 5.69 Å². The fraction of sp³-hybridized carbons (Fsp3) is 0.438. The summed E-state index contributed by atoms with van der Waals surface area (Å²) in [5, 5.41) is 3.56. The highest BCUT2D eigenvalue weighted by Crippen LogP contribution is 2.24. The zero-order valence-electron chi connectivity index (χ0n) is 12.2. The predicted molar refractivity (Wildman–Crippen MR) is 83.1 cm³/mol. The Hall–Kier alpha value is -2.01. The Labute approximate surface area is 124 Å². The van der Waals surface area contributed by atoms with E-state index >= 15 is 0 Å². The molecule has 21 heavy (non-hydrogen) atoms. The number of ether oxygens (including phenoxy) is 1. The molecule has 0 amide bonds. The lowest BCUT2D eigenvalue weighted by Crippen LogP contribution is -2.29. The molecule has 5 nitrogen and oxygen atoms in total. The molecular formula is C16H21N3O2. The lowest BCUT2D eigenvalue weighted by molar-refractivity contribution is 0.0682. The first-order valence-corrected chi connectivity index (χ1v) is 7.42. The second-order valence-corrected chi connectivity index (χ2v) is 5.54. The zero-order valence-corrected chi connectivity index (χ0v) is 12.2. The molecule has 1 fully saturated rings. The largest absolute Gasteiger partial charge is 0.382 e. The lowest BCUT2D eigenvalue weighted by atomic mass is 9.93. The van der Waals surface area contributed by atoms with Gasteiger partial charge in [0.25, 0.3) is 0 Å². The molecule has 1 aromatic carbocycles. The molecule has 0 bridgehead atoms. The average Bonchev–Trinajstić information content (AvgIpc) is 2.95. The van der Waals surface area contributed by atoms with E-state index in [4.69, 9.17) is 4.74 Å². The number of aromatic amines is 1. The highest BCUT2D eigenvalue weighted by atomic mass is 16.5. The normalized spacial score (nSPS) is 22.1. The molecule has 1 saturated carbocycles. The Morgan fingerprint density at radius 1 is 1.19 bits per heavy atom. The molecule has 0 spiro atoms. The highest BCUT2D eigenvalue weighted by molar-refractivity contribution is 5.49. The van der Waals surface area contributed by atoms with Crippen LogP contribution in [-0.2, 0) is 4.74 Å². The van der Waals surface area contributed by atoms with Gasteiger partial charge in [-0.05, 0) is 49.9 Å². The number of imidazole rings is 1. The summed E-state index contributed by atoms with van der Waals surface area (Å²) in [7, 11) is 1.79. The summed E-state index contributed by atoms with van der Waals surface area (Å²) in [6.45, 7) is 0. The van der Waals surface area contributed by atoms with E-state index < -0.39 is 0 Å². The summed E-state index contributed by atoms with van der Waals surface area (Å²) in [5.41, 5.74) is 1.85. The molecule has 1 aliphatic carbocycles. The summed E-state index contributed by atoms with van der Waals surface area (Å²) < 4.78 is 6.99. The van der Waals surface area contributed by atoms with Gasteiger partial charge in [-0.2, -0.15) is 0 Å². The van der Waals surface area contributed by atoms with Crippen LogP contribution in [-0.4, -0.2) is 28.8 Å². The third kappa shape index (κ3) is 3.19. The van der Waals surface area contributed by atoms with Gasteiger partial charge >= 0.3 is 5.69 Å². The van der Waals surface area contributed by atoms with Gasteiger partial charge in [0.2, 0.25) is 0 Å². The van der Waals surface area contributed by atoms with Crippen molar-refractivity contribution in [2.45, 2.75) is 37.8 Å². The van der Waals surface area contributed by atoms with E-state index in [0.29, 0.717) is 12.1 Å². The SMILES string of the molecule is COC1CCC(Nc2ccc(-n3cc[nH]c3=O)cc2)CC1. The quantitative estimate of drug-likeness (QED) is 0.908. The Balaban J connectivity index is 1.63. The maximum absolute atomic E-state index is 11.6. The Bertz CT molecular complexity index is 621. The summed E-state index contributed by atoms with van der Waals surface area (Å²) in [6, 6.07) is 8.47. The van der Waals surface area contributed by atoms with Crippen molar-refractivity contribution in [2.75, 3.05) is 12.4 Å². The van der Waals surface area contributed by atoms with E-state index in [1.165, 1.54) is 0 Å². The Morgan fingerprint density at radius 3 is 2.48 bits per heavy atom. The number of hydrogen-bond acceptors (Lipinski definition) is 3. The summed E-state index contributed by atoms with van der Waals surface area (Å²) >= 11 is 0. The minimum Gasteiger partial charge on any atom is -0.382 e. The summed E-state index contributed by atoms with van der Waals surface area (Å²) in [5.74, 6) is 0. The number of anilines is 1. The first-order valence-electron chi connectivity index (χ1n) is 7.42. The summed E-state index contributed by atoms with van der Waals surface area (Å²) in [6.07, 6.45) is 8.30. The van der Waals surface area contributed by atoms with Crippen LogP contribution in [0.3, 0.4) is 0 Å². The Kier molecular flexibility index (Phi) is 4.10. The number of rotatable bonds is 4. The maximum Gasteiger partial charge on any atom is 0.330 e. The standard InChI is InChI=1S/C16H21N3O2/c1-21-15-8-4-13(5-9-15)18-12-2-6-14(7-3-12)19-11-10-17-16(19)20/h2-3,6-7,10-11,13,15,18H,4-5,8-9H2,1H3,(H,17,20). The van der Waals surface area contributed by atoms with Crippen LogP contribution in [0, 0.1) is 0 Å². The fourth-order valence-electron chi connectivity index (χ4n) is 2.92. The van der Waals surface area contributed by atoms with Crippen molar-refractivity contribution >= 4 is 5.69 Å². The van der Waals surface area contributed by atoms with E-state index in [1.807, 2.05) is 24.3 Å². The van der Waals surface area contributed by atoms with E-state index in [-0.39, 0.29) is 5.69 Å². The van der Waals surface area contributed by atoms with Gasteiger partial charge in [-0.1, -0.05) is 0 Å². The highest BCUT2D eigenvalue weighted by Gasteiger charge is 2.20. The van der Waals surface area contributed by atoms with Gasteiger partial charge in [-0.25, -0.2) is 4.79 Å². The number of benzene rings is 1. The van der Waals surface area contributed by atoms with E-state index in [1.54, 1.807) is 24.1 Å². The molecule has 0 saturated heterocycles. The van der Waals surface area contributed by atoms with Crippen molar-refractivity contribution in [3.63, 3.8) is 0 Å². The van der Waals surface area contributed by atoms with Gasteiger partial charge in [-0.3, -0.25) is 4.57 Å². The van der Waals surface area contributed by atoms with Crippen molar-refractivity contribution in [2.24, 2.45) is 0 Å². The molecule has 112 valence electrons. The number of methoxy groups -OCH3 is 1. The van der Waals surface area contributed by atoms with E-state index in [9.17, 15) is 4.79 Å². The molecule has 2 aromatic rings. The van der Waals surface area contributed by atoms with Crippen molar-refractivity contribution in [3.05, 3.63) is 47.1 Å². The lowest BCUT2D eigenvalue weighted by Gasteiger charge is -2.28. The van der Waals surface area contributed by atoms with Crippen LogP contribution in [0.5, 0.6) is 0 Å². The van der Waals surface area contributed by atoms with Gasteiger partial charge in [0, 0.05) is 31.2 Å². The maximum atomic E-state index is 11.6. The molecule has 1 heterocycles. The van der Waals surface area contributed by atoms with Crippen LogP contribution in [0.25, 0.3) is 5.69 Å². The van der Waals surface area contributed by atoms with Crippen LogP contribution in [0.2, 0.25) is 0 Å². The van der Waals surface area contributed by atoms with Crippen LogP contribution >= 0.6 is 0 Å². The fourth-order valence-corrected chi connectivity index (χ4v) is 2.92. The molecule has 0 radical (unpaired) electrons. The average molecular weight is 287 g/mol. The van der Waals surface area contributed by atoms with Crippen molar-refractivity contribution in [1.82, 2.24) is 9.55 Å². The minimum absolute atomic E-state index is 0.117. The number of aromatic nitrogens is 2. The van der Waals surface area contributed by atoms with Crippen molar-refractivity contribution in [1.29, 1.82) is 0 Å². The molecule has 5 heteroatoms. The number of H-pyrrole nitrogens is 1. The van der Waals surface area contributed by atoms with Gasteiger partial charge in [-0.15, -0.1) is 0 Å². The number of nitrogens with one attached hydrogen (secondary N) is 2. The molecule has 1 aliphatic rings. The van der Waals surface area contributed by atoms with Gasteiger partial charge in [0.15, 0.2) is 0 Å². The number of hydrogen-bond donors (Lipinski definition) is 2. The summed E-state index contributed by atoms with van der Waals surface area (Å²) in [4.78, 5) is 14.2. The molecule has 2 N–H and O–H groups in total. The monoisotopic (exact) mass is 287 g/mol. The van der Waals surface area contributed by atoms with E-state index in [0.717, 1.165) is 37.1 Å². The molecule has 3 rings (SSSR count). The van der Waals surface area contributed by atoms with Gasteiger partial charge in [0.1, 0.15) is 0 Å². The van der Waals surface area contributed by atoms with Crippen molar-refractivity contribution < 1.29 is 4.74 Å². The smallest absolute Gasteiger partial charge is 0.330 e.